The molecule has 2 aromatic rings. The molecule has 0 spiro atoms. The minimum absolute atomic E-state index is 0.156. The largest absolute Gasteiger partial charge is 0.478 e. The molecule has 1 aliphatic rings. The zero-order chi connectivity index (χ0) is 17.3. The van der Waals surface area contributed by atoms with Crippen molar-refractivity contribution in [3.05, 3.63) is 59.7 Å². The standard InChI is InChI=1S/C17H14N2O4S/c1-10-3-2-4-13(9-10)19-15(20)14(24-17(19)23)18-12-7-5-11(6-8-12)16(21)22/h2-9,14,18H,1H3,(H,21,22)/t14-/m0/s1. The summed E-state index contributed by atoms with van der Waals surface area (Å²) in [5.41, 5.74) is 2.23. The van der Waals surface area contributed by atoms with Gasteiger partial charge in [-0.05, 0) is 60.6 Å². The zero-order valence-electron chi connectivity index (χ0n) is 12.7. The van der Waals surface area contributed by atoms with E-state index in [1.54, 1.807) is 30.3 Å². The zero-order valence-corrected chi connectivity index (χ0v) is 13.5. The molecular weight excluding hydrogens is 328 g/mol. The number of hydrogen-bond acceptors (Lipinski definition) is 5. The van der Waals surface area contributed by atoms with E-state index < -0.39 is 11.3 Å². The van der Waals surface area contributed by atoms with Crippen molar-refractivity contribution in [3.63, 3.8) is 0 Å². The smallest absolute Gasteiger partial charge is 0.335 e. The Hall–Kier alpha value is -2.80. The predicted molar refractivity (Wildman–Crippen MR) is 92.5 cm³/mol. The van der Waals surface area contributed by atoms with Gasteiger partial charge in [0.25, 0.3) is 11.1 Å². The number of hydrogen-bond donors (Lipinski definition) is 2. The lowest BCUT2D eigenvalue weighted by Gasteiger charge is -2.15. The van der Waals surface area contributed by atoms with Gasteiger partial charge in [0.2, 0.25) is 0 Å². The van der Waals surface area contributed by atoms with Crippen LogP contribution in [0.25, 0.3) is 0 Å². The Kier molecular flexibility index (Phi) is 4.26. The number of rotatable bonds is 4. The molecule has 6 nitrogen and oxygen atoms in total. The first-order chi connectivity index (χ1) is 11.5. The van der Waals surface area contributed by atoms with Crippen LogP contribution in [0.15, 0.2) is 48.5 Å². The number of carbonyl (C=O) groups is 3. The number of nitrogens with one attached hydrogen (secondary N) is 1. The summed E-state index contributed by atoms with van der Waals surface area (Å²) in [6.07, 6.45) is 0. The van der Waals surface area contributed by atoms with Crippen molar-refractivity contribution in [1.29, 1.82) is 0 Å². The van der Waals surface area contributed by atoms with Crippen LogP contribution in [0.1, 0.15) is 15.9 Å². The highest BCUT2D eigenvalue weighted by Crippen LogP contribution is 2.32. The van der Waals surface area contributed by atoms with Gasteiger partial charge in [-0.1, -0.05) is 12.1 Å². The molecule has 1 saturated heterocycles. The molecule has 0 bridgehead atoms. The molecule has 2 aromatic carbocycles. The fraction of sp³-hybridized carbons (Fsp3) is 0.118. The Labute approximate surface area is 142 Å². The number of carbonyl (C=O) groups excluding carboxylic acids is 2. The number of carboxylic acid groups (broad SMARTS) is 1. The quantitative estimate of drug-likeness (QED) is 0.886. The summed E-state index contributed by atoms with van der Waals surface area (Å²) in [5, 5.41) is 10.8. The number of amides is 2. The van der Waals surface area contributed by atoms with Gasteiger partial charge in [-0.15, -0.1) is 0 Å². The lowest BCUT2D eigenvalue weighted by atomic mass is 10.2. The van der Waals surface area contributed by atoms with E-state index in [-0.39, 0.29) is 16.7 Å². The van der Waals surface area contributed by atoms with Crippen molar-refractivity contribution in [1.82, 2.24) is 0 Å². The van der Waals surface area contributed by atoms with Crippen molar-refractivity contribution >= 4 is 40.3 Å². The topological polar surface area (TPSA) is 86.7 Å². The van der Waals surface area contributed by atoms with Crippen LogP contribution >= 0.6 is 11.8 Å². The molecule has 24 heavy (non-hydrogen) atoms. The third-order valence-corrected chi connectivity index (χ3v) is 4.47. The lowest BCUT2D eigenvalue weighted by molar-refractivity contribution is -0.116. The van der Waals surface area contributed by atoms with Gasteiger partial charge in [-0.2, -0.15) is 0 Å². The maximum atomic E-state index is 12.5. The molecule has 1 aliphatic heterocycles. The summed E-state index contributed by atoms with van der Waals surface area (Å²) < 4.78 is 0. The third-order valence-electron chi connectivity index (χ3n) is 3.54. The van der Waals surface area contributed by atoms with Crippen LogP contribution in [0.5, 0.6) is 0 Å². The Bertz CT molecular complexity index is 820. The first-order valence-corrected chi connectivity index (χ1v) is 8.05. The normalized spacial score (nSPS) is 17.2. The number of imide groups is 1. The van der Waals surface area contributed by atoms with E-state index in [4.69, 9.17) is 5.11 Å². The maximum Gasteiger partial charge on any atom is 0.335 e. The minimum atomic E-state index is -1.02. The molecule has 0 unspecified atom stereocenters. The van der Waals surface area contributed by atoms with Crippen LogP contribution in [0.3, 0.4) is 0 Å². The second-order valence-electron chi connectivity index (χ2n) is 5.30. The predicted octanol–water partition coefficient (Wildman–Crippen LogP) is 3.33. The van der Waals surface area contributed by atoms with Gasteiger partial charge >= 0.3 is 5.97 Å². The fourth-order valence-corrected chi connectivity index (χ4v) is 3.27. The summed E-state index contributed by atoms with van der Waals surface area (Å²) in [6.45, 7) is 1.89. The molecule has 2 N–H and O–H groups in total. The molecule has 2 amide bonds. The molecule has 1 atom stereocenters. The van der Waals surface area contributed by atoms with Crippen molar-refractivity contribution in [2.24, 2.45) is 0 Å². The molecule has 3 rings (SSSR count). The summed E-state index contributed by atoms with van der Waals surface area (Å²) in [5.74, 6) is -1.37. The van der Waals surface area contributed by atoms with E-state index in [1.807, 2.05) is 13.0 Å². The van der Waals surface area contributed by atoms with Gasteiger partial charge in [0.05, 0.1) is 11.3 Å². The van der Waals surface area contributed by atoms with Crippen LogP contribution in [-0.4, -0.2) is 27.6 Å². The Balaban J connectivity index is 1.77. The van der Waals surface area contributed by atoms with Crippen LogP contribution in [0.2, 0.25) is 0 Å². The van der Waals surface area contributed by atoms with E-state index in [1.165, 1.54) is 12.1 Å². The summed E-state index contributed by atoms with van der Waals surface area (Å²) in [7, 11) is 0. The second-order valence-corrected chi connectivity index (χ2v) is 6.36. The number of thioether (sulfide) groups is 1. The highest BCUT2D eigenvalue weighted by atomic mass is 32.2. The Morgan fingerprint density at radius 2 is 1.88 bits per heavy atom. The molecule has 122 valence electrons. The van der Waals surface area contributed by atoms with E-state index in [9.17, 15) is 14.4 Å². The maximum absolute atomic E-state index is 12.5. The van der Waals surface area contributed by atoms with Crippen LogP contribution in [-0.2, 0) is 4.79 Å². The van der Waals surface area contributed by atoms with Crippen LogP contribution in [0, 0.1) is 6.92 Å². The Morgan fingerprint density at radius 1 is 1.17 bits per heavy atom. The Morgan fingerprint density at radius 3 is 2.50 bits per heavy atom. The SMILES string of the molecule is Cc1cccc(N2C(=O)S[C@H](Nc3ccc(C(=O)O)cc3)C2=O)c1. The number of nitrogens with zero attached hydrogens (tertiary/aromatic N) is 1. The second kappa shape index (κ2) is 6.37. The van der Waals surface area contributed by atoms with Crippen molar-refractivity contribution in [2.75, 3.05) is 10.2 Å². The number of carboxylic acids is 1. The lowest BCUT2D eigenvalue weighted by Crippen LogP contribution is -2.34. The average Bonchev–Trinajstić information content (AvgIpc) is 2.82. The first-order valence-electron chi connectivity index (χ1n) is 7.17. The molecule has 1 fully saturated rings. The minimum Gasteiger partial charge on any atom is -0.478 e. The van der Waals surface area contributed by atoms with Gasteiger partial charge in [-0.3, -0.25) is 9.59 Å². The van der Waals surface area contributed by atoms with E-state index in [0.717, 1.165) is 22.2 Å². The van der Waals surface area contributed by atoms with Crippen molar-refractivity contribution in [3.8, 4) is 0 Å². The summed E-state index contributed by atoms with van der Waals surface area (Å²) >= 11 is 0.898. The van der Waals surface area contributed by atoms with Gasteiger partial charge in [0, 0.05) is 5.69 Å². The molecule has 0 aromatic heterocycles. The molecule has 0 aliphatic carbocycles. The molecular formula is C17H14N2O4S. The van der Waals surface area contributed by atoms with E-state index in [0.29, 0.717) is 11.4 Å². The number of anilines is 2. The number of benzene rings is 2. The molecule has 7 heteroatoms. The molecule has 0 radical (unpaired) electrons. The van der Waals surface area contributed by atoms with Gasteiger partial charge < -0.3 is 10.4 Å². The first kappa shape index (κ1) is 16.1. The van der Waals surface area contributed by atoms with E-state index >= 15 is 0 Å². The molecule has 1 heterocycles. The van der Waals surface area contributed by atoms with Crippen LogP contribution in [0.4, 0.5) is 16.2 Å². The van der Waals surface area contributed by atoms with Crippen molar-refractivity contribution in [2.45, 2.75) is 12.3 Å². The average molecular weight is 342 g/mol. The summed E-state index contributed by atoms with van der Waals surface area (Å²) in [6, 6.07) is 13.2. The van der Waals surface area contributed by atoms with E-state index in [2.05, 4.69) is 5.32 Å². The van der Waals surface area contributed by atoms with Crippen LogP contribution < -0.4 is 10.2 Å². The molecule has 0 saturated carbocycles. The van der Waals surface area contributed by atoms with Crippen molar-refractivity contribution < 1.29 is 19.5 Å². The third kappa shape index (κ3) is 3.11. The van der Waals surface area contributed by atoms with Gasteiger partial charge in [0.1, 0.15) is 0 Å². The number of aromatic carboxylic acids is 1. The van der Waals surface area contributed by atoms with Gasteiger partial charge in [0.15, 0.2) is 5.37 Å². The highest BCUT2D eigenvalue weighted by molar-refractivity contribution is 8.16. The summed E-state index contributed by atoms with van der Waals surface area (Å²) in [4.78, 5) is 36.7. The van der Waals surface area contributed by atoms with Gasteiger partial charge in [-0.25, -0.2) is 9.69 Å². The fourth-order valence-electron chi connectivity index (χ4n) is 2.36. The highest BCUT2D eigenvalue weighted by Gasteiger charge is 2.40. The number of aryl methyl sites for hydroxylation is 1. The monoisotopic (exact) mass is 342 g/mol.